The molecule has 3 amide bonds. The summed E-state index contributed by atoms with van der Waals surface area (Å²) in [5, 5.41) is 15.2. The molecule has 3 rings (SSSR count). The maximum absolute atomic E-state index is 13.5. The molecule has 3 atom stereocenters. The predicted molar refractivity (Wildman–Crippen MR) is 141 cm³/mol. The molecule has 11 nitrogen and oxygen atoms in total. The van der Waals surface area contributed by atoms with Crippen molar-refractivity contribution in [1.29, 1.82) is 0 Å². The highest BCUT2D eigenvalue weighted by atomic mass is 32.2. The van der Waals surface area contributed by atoms with Crippen molar-refractivity contribution in [2.75, 3.05) is 50.7 Å². The van der Waals surface area contributed by atoms with E-state index < -0.39 is 28.2 Å². The molecule has 0 aliphatic carbocycles. The maximum atomic E-state index is 13.5. The third-order valence-corrected chi connectivity index (χ3v) is 7.56. The summed E-state index contributed by atoms with van der Waals surface area (Å²) in [6.07, 6.45) is 0.560. The molecule has 1 heterocycles. The Morgan fingerprint density at radius 2 is 1.84 bits per heavy atom. The summed E-state index contributed by atoms with van der Waals surface area (Å²) in [5.74, 6) is 0.323. The van der Waals surface area contributed by atoms with Gasteiger partial charge in [0.25, 0.3) is 5.91 Å². The van der Waals surface area contributed by atoms with Gasteiger partial charge in [-0.15, -0.1) is 0 Å². The molecule has 1 aliphatic heterocycles. The molecule has 3 N–H and O–H groups in total. The molecule has 0 spiro atoms. The van der Waals surface area contributed by atoms with Gasteiger partial charge in [0.05, 0.1) is 38.1 Å². The van der Waals surface area contributed by atoms with Crippen molar-refractivity contribution >= 4 is 33.3 Å². The molecular weight excluding hydrogens is 500 g/mol. The second-order valence-corrected chi connectivity index (χ2v) is 11.3. The second-order valence-electron chi connectivity index (χ2n) is 9.18. The summed E-state index contributed by atoms with van der Waals surface area (Å²) in [6, 6.07) is 10.5. The van der Waals surface area contributed by atoms with Gasteiger partial charge in [-0.1, -0.05) is 6.92 Å². The number of nitrogens with one attached hydrogen (secondary N) is 2. The molecule has 1 aliphatic rings. The first-order valence-corrected chi connectivity index (χ1v) is 13.6. The fraction of sp³-hybridized carbons (Fsp3) is 0.440. The third kappa shape index (κ3) is 7.12. The van der Waals surface area contributed by atoms with Crippen LogP contribution in [0, 0.1) is 5.92 Å². The zero-order valence-electron chi connectivity index (χ0n) is 21.6. The minimum atomic E-state index is -3.45. The average molecular weight is 535 g/mol. The number of rotatable bonds is 8. The lowest BCUT2D eigenvalue weighted by atomic mass is 9.99. The summed E-state index contributed by atoms with van der Waals surface area (Å²) < 4.78 is 36.5. The van der Waals surface area contributed by atoms with Gasteiger partial charge in [0, 0.05) is 30.9 Å². The van der Waals surface area contributed by atoms with Gasteiger partial charge in [-0.05, 0) is 49.4 Å². The van der Waals surface area contributed by atoms with Crippen molar-refractivity contribution in [3.63, 3.8) is 0 Å². The second kappa shape index (κ2) is 11.8. The first-order valence-electron chi connectivity index (χ1n) is 11.8. The van der Waals surface area contributed by atoms with Crippen LogP contribution in [-0.2, 0) is 10.0 Å². The number of fused-ring (bicyclic) bond motifs is 1. The van der Waals surface area contributed by atoms with Crippen LogP contribution in [0.25, 0.3) is 0 Å². The molecule has 12 heteroatoms. The van der Waals surface area contributed by atoms with Crippen LogP contribution < -0.4 is 20.1 Å². The Hall–Kier alpha value is -3.35. The van der Waals surface area contributed by atoms with E-state index in [0.717, 1.165) is 6.26 Å². The van der Waals surface area contributed by atoms with Gasteiger partial charge in [-0.3, -0.25) is 4.79 Å². The van der Waals surface area contributed by atoms with Crippen LogP contribution in [0.15, 0.2) is 42.5 Å². The number of carbonyl (C=O) groups excluding carboxylic acids is 2. The van der Waals surface area contributed by atoms with E-state index in [1.54, 1.807) is 55.3 Å². The van der Waals surface area contributed by atoms with Crippen LogP contribution in [0.1, 0.15) is 24.2 Å². The summed E-state index contributed by atoms with van der Waals surface area (Å²) in [7, 11) is -0.426. The van der Waals surface area contributed by atoms with E-state index >= 15 is 0 Å². The van der Waals surface area contributed by atoms with Crippen LogP contribution in [-0.4, -0.2) is 86.9 Å². The van der Waals surface area contributed by atoms with Gasteiger partial charge in [-0.25, -0.2) is 17.5 Å². The van der Waals surface area contributed by atoms with Crippen molar-refractivity contribution in [3.05, 3.63) is 48.0 Å². The lowest BCUT2D eigenvalue weighted by molar-refractivity contribution is 0.0387. The van der Waals surface area contributed by atoms with Gasteiger partial charge in [0.15, 0.2) is 0 Å². The normalized spacial score (nSPS) is 18.8. The van der Waals surface area contributed by atoms with Crippen molar-refractivity contribution in [1.82, 2.24) is 9.21 Å². The van der Waals surface area contributed by atoms with Gasteiger partial charge in [0.1, 0.15) is 17.6 Å². The third-order valence-electron chi connectivity index (χ3n) is 6.27. The molecule has 0 radical (unpaired) electrons. The lowest BCUT2D eigenvalue weighted by Gasteiger charge is -2.38. The van der Waals surface area contributed by atoms with Gasteiger partial charge in [0.2, 0.25) is 10.0 Å². The minimum Gasteiger partial charge on any atom is -0.497 e. The summed E-state index contributed by atoms with van der Waals surface area (Å²) >= 11 is 0. The number of amides is 3. The van der Waals surface area contributed by atoms with E-state index in [4.69, 9.17) is 9.47 Å². The Kier molecular flexibility index (Phi) is 9.00. The number of carbonyl (C=O) groups is 2. The van der Waals surface area contributed by atoms with Crippen molar-refractivity contribution in [3.8, 4) is 11.5 Å². The van der Waals surface area contributed by atoms with Crippen LogP contribution in [0.2, 0.25) is 0 Å². The smallest absolute Gasteiger partial charge is 0.323 e. The first-order chi connectivity index (χ1) is 17.4. The number of likely N-dealkylation sites (N-methyl/N-ethyl adjacent to an activating group) is 1. The number of anilines is 2. The quantitative estimate of drug-likeness (QED) is 0.473. The molecule has 0 saturated heterocycles. The molecule has 2 aromatic rings. The Labute approximate surface area is 217 Å². The fourth-order valence-corrected chi connectivity index (χ4v) is 4.29. The monoisotopic (exact) mass is 534 g/mol. The van der Waals surface area contributed by atoms with Gasteiger partial charge < -0.3 is 30.1 Å². The number of benzene rings is 2. The number of ether oxygens (including phenoxy) is 2. The molecule has 0 unspecified atom stereocenters. The largest absolute Gasteiger partial charge is 0.497 e. The predicted octanol–water partition coefficient (Wildman–Crippen LogP) is 2.45. The Morgan fingerprint density at radius 3 is 2.43 bits per heavy atom. The number of aliphatic hydroxyl groups is 1. The number of urea groups is 1. The first kappa shape index (κ1) is 28.2. The van der Waals surface area contributed by atoms with Crippen molar-refractivity contribution in [2.45, 2.75) is 26.0 Å². The Morgan fingerprint density at radius 1 is 1.22 bits per heavy atom. The van der Waals surface area contributed by atoms with Crippen LogP contribution in [0.3, 0.4) is 0 Å². The minimum absolute atomic E-state index is 0.0826. The molecule has 0 fully saturated rings. The molecule has 37 heavy (non-hydrogen) atoms. The zero-order chi connectivity index (χ0) is 27.3. The van der Waals surface area contributed by atoms with Gasteiger partial charge >= 0.3 is 6.03 Å². The summed E-state index contributed by atoms with van der Waals surface area (Å²) in [6.45, 7) is 3.69. The van der Waals surface area contributed by atoms with E-state index in [2.05, 4.69) is 10.6 Å². The molecule has 0 aromatic heterocycles. The molecule has 0 saturated carbocycles. The highest BCUT2D eigenvalue weighted by Gasteiger charge is 2.34. The maximum Gasteiger partial charge on any atom is 0.323 e. The summed E-state index contributed by atoms with van der Waals surface area (Å²) in [5.41, 5.74) is 1.11. The Balaban J connectivity index is 1.88. The number of nitrogens with zero attached hydrogens (tertiary/aromatic N) is 2. The van der Waals surface area contributed by atoms with Crippen molar-refractivity contribution in [2.24, 2.45) is 5.92 Å². The molecule has 202 valence electrons. The van der Waals surface area contributed by atoms with E-state index in [1.165, 1.54) is 17.4 Å². The number of hydrogen-bond donors (Lipinski definition) is 3. The highest BCUT2D eigenvalue weighted by molar-refractivity contribution is 7.88. The van der Waals surface area contributed by atoms with Crippen LogP contribution in [0.5, 0.6) is 11.5 Å². The van der Waals surface area contributed by atoms with E-state index in [1.807, 2.05) is 6.92 Å². The lowest BCUT2D eigenvalue weighted by Crippen LogP contribution is -2.50. The number of hydrogen-bond acceptors (Lipinski definition) is 7. The van der Waals surface area contributed by atoms with Crippen LogP contribution >= 0.6 is 0 Å². The number of aliphatic hydroxyl groups excluding tert-OH is 1. The topological polar surface area (TPSA) is 138 Å². The Bertz CT molecular complexity index is 1220. The van der Waals surface area contributed by atoms with E-state index in [9.17, 15) is 23.1 Å². The average Bonchev–Trinajstić information content (AvgIpc) is 2.85. The molecule has 2 aromatic carbocycles. The summed E-state index contributed by atoms with van der Waals surface area (Å²) in [4.78, 5) is 27.6. The van der Waals surface area contributed by atoms with Gasteiger partial charge in [-0.2, -0.15) is 0 Å². The van der Waals surface area contributed by atoms with E-state index in [-0.39, 0.29) is 42.8 Å². The SMILES string of the molecule is COc1ccc(NC(=O)Nc2ccc3c(c2)C(=O)N([C@H](C)CO)C[C@@H](C)[C@H](CN(C)S(C)(=O)=O)O3)cc1. The standard InChI is InChI=1S/C25H34N4O7S/c1-16-13-29(17(2)15-30)24(31)21-12-19(27-25(32)26-18-6-9-20(35-4)10-7-18)8-11-22(21)36-23(16)14-28(3)37(5,33)34/h6-12,16-17,23,30H,13-15H2,1-5H3,(H2,26,27,32)/t16-,17-,23+/m1/s1. The van der Waals surface area contributed by atoms with Crippen LogP contribution in [0.4, 0.5) is 16.2 Å². The fourth-order valence-electron chi connectivity index (χ4n) is 3.87. The highest BCUT2D eigenvalue weighted by Crippen LogP contribution is 2.31. The number of sulfonamides is 1. The van der Waals surface area contributed by atoms with Crippen molar-refractivity contribution < 1.29 is 32.6 Å². The number of methoxy groups -OCH3 is 1. The van der Waals surface area contributed by atoms with E-state index in [0.29, 0.717) is 17.1 Å². The molecule has 0 bridgehead atoms. The zero-order valence-corrected chi connectivity index (χ0v) is 22.4. The molecular formula is C25H34N4O7S.